The molecule has 1 aromatic heterocycles. The van der Waals surface area contributed by atoms with Gasteiger partial charge in [-0.1, -0.05) is 18.0 Å². The Morgan fingerprint density at radius 2 is 2.33 bits per heavy atom. The Bertz CT molecular complexity index is 360. The Labute approximate surface area is 119 Å². The molecule has 0 saturated carbocycles. The number of hydrogen-bond donors (Lipinski definition) is 1. The van der Waals surface area contributed by atoms with E-state index in [1.165, 1.54) is 37.1 Å². The third-order valence-electron chi connectivity index (χ3n) is 3.82. The molecular formula is C14H23ClN2S. The number of piperidine rings is 1. The maximum Gasteiger partial charge on any atom is 0.0931 e. The molecule has 0 spiro atoms. The van der Waals surface area contributed by atoms with Crippen molar-refractivity contribution < 1.29 is 0 Å². The number of nitrogens with one attached hydrogen (secondary N) is 1. The van der Waals surface area contributed by atoms with E-state index in [0.717, 1.165) is 10.9 Å². The predicted molar refractivity (Wildman–Crippen MR) is 80.5 cm³/mol. The summed E-state index contributed by atoms with van der Waals surface area (Å²) in [6.45, 7) is 4.53. The van der Waals surface area contributed by atoms with Crippen molar-refractivity contribution in [1.82, 2.24) is 10.2 Å². The second-order valence-corrected chi connectivity index (χ2v) is 7.15. The quantitative estimate of drug-likeness (QED) is 0.887. The van der Waals surface area contributed by atoms with E-state index in [2.05, 4.69) is 30.3 Å². The summed E-state index contributed by atoms with van der Waals surface area (Å²) in [5, 5.41) is 3.63. The highest BCUT2D eigenvalue weighted by molar-refractivity contribution is 7.16. The van der Waals surface area contributed by atoms with Crippen LogP contribution in [0.3, 0.4) is 0 Å². The molecule has 18 heavy (non-hydrogen) atoms. The minimum absolute atomic E-state index is 0.612. The average Bonchev–Trinajstić information content (AvgIpc) is 2.76. The minimum atomic E-state index is 0.612. The maximum absolute atomic E-state index is 5.97. The van der Waals surface area contributed by atoms with Crippen molar-refractivity contribution in [2.75, 3.05) is 13.6 Å². The molecule has 0 aliphatic carbocycles. The van der Waals surface area contributed by atoms with Crippen molar-refractivity contribution in [2.24, 2.45) is 0 Å². The van der Waals surface area contributed by atoms with E-state index in [1.54, 1.807) is 11.3 Å². The molecule has 102 valence electrons. The van der Waals surface area contributed by atoms with E-state index < -0.39 is 0 Å². The first-order valence-corrected chi connectivity index (χ1v) is 8.02. The zero-order valence-corrected chi connectivity index (χ0v) is 12.9. The molecule has 1 aromatic rings. The second-order valence-electron chi connectivity index (χ2n) is 5.35. The van der Waals surface area contributed by atoms with Gasteiger partial charge in [0, 0.05) is 23.5 Å². The first kappa shape index (κ1) is 14.3. The van der Waals surface area contributed by atoms with Crippen LogP contribution in [-0.2, 0) is 6.54 Å². The Balaban J connectivity index is 1.78. The van der Waals surface area contributed by atoms with Gasteiger partial charge >= 0.3 is 0 Å². The van der Waals surface area contributed by atoms with E-state index in [9.17, 15) is 0 Å². The molecule has 0 radical (unpaired) electrons. The standard InChI is InChI=1S/C14H23ClN2S/c1-11(9-12-5-3-4-8-16-12)17(2)10-13-6-7-14(15)18-13/h6-7,11-12,16H,3-5,8-10H2,1-2H3. The number of rotatable bonds is 5. The van der Waals surface area contributed by atoms with Crippen molar-refractivity contribution >= 4 is 22.9 Å². The van der Waals surface area contributed by atoms with Crippen molar-refractivity contribution in [3.05, 3.63) is 21.3 Å². The maximum atomic E-state index is 5.97. The fourth-order valence-corrected chi connectivity index (χ4v) is 3.71. The number of thiophene rings is 1. The molecule has 1 saturated heterocycles. The summed E-state index contributed by atoms with van der Waals surface area (Å²) < 4.78 is 0.889. The lowest BCUT2D eigenvalue weighted by Gasteiger charge is -2.30. The first-order valence-electron chi connectivity index (χ1n) is 6.83. The summed E-state index contributed by atoms with van der Waals surface area (Å²) in [5.41, 5.74) is 0. The molecule has 2 nitrogen and oxygen atoms in total. The van der Waals surface area contributed by atoms with Crippen LogP contribution in [0.5, 0.6) is 0 Å². The Kier molecular flexibility index (Phi) is 5.49. The van der Waals surface area contributed by atoms with Crippen LogP contribution in [0.4, 0.5) is 0 Å². The number of hydrogen-bond acceptors (Lipinski definition) is 3. The van der Waals surface area contributed by atoms with Crippen molar-refractivity contribution in [3.8, 4) is 0 Å². The average molecular weight is 287 g/mol. The molecule has 0 bridgehead atoms. The highest BCUT2D eigenvalue weighted by Crippen LogP contribution is 2.23. The van der Waals surface area contributed by atoms with Gasteiger partial charge in [0.25, 0.3) is 0 Å². The van der Waals surface area contributed by atoms with Crippen LogP contribution < -0.4 is 5.32 Å². The van der Waals surface area contributed by atoms with Gasteiger partial charge in [0.15, 0.2) is 0 Å². The lowest BCUT2D eigenvalue weighted by molar-refractivity contribution is 0.211. The van der Waals surface area contributed by atoms with Gasteiger partial charge < -0.3 is 5.32 Å². The summed E-state index contributed by atoms with van der Waals surface area (Å²) in [5.74, 6) is 0. The minimum Gasteiger partial charge on any atom is -0.314 e. The molecule has 1 fully saturated rings. The lowest BCUT2D eigenvalue weighted by Crippen LogP contribution is -2.40. The second kappa shape index (κ2) is 6.90. The van der Waals surface area contributed by atoms with Gasteiger partial charge in [-0.3, -0.25) is 4.90 Å². The molecule has 2 rings (SSSR count). The van der Waals surface area contributed by atoms with Crippen LogP contribution in [0, 0.1) is 0 Å². The normalized spacial score (nSPS) is 22.3. The summed E-state index contributed by atoms with van der Waals surface area (Å²) in [4.78, 5) is 3.78. The molecule has 1 aliphatic heterocycles. The molecule has 0 aromatic carbocycles. The highest BCUT2D eigenvalue weighted by Gasteiger charge is 2.18. The Morgan fingerprint density at radius 3 is 2.94 bits per heavy atom. The van der Waals surface area contributed by atoms with Gasteiger partial charge in [-0.15, -0.1) is 11.3 Å². The number of nitrogens with zero attached hydrogens (tertiary/aromatic N) is 1. The predicted octanol–water partition coefficient (Wildman–Crippen LogP) is 3.75. The van der Waals surface area contributed by atoms with Crippen LogP contribution in [0.15, 0.2) is 12.1 Å². The van der Waals surface area contributed by atoms with Crippen molar-refractivity contribution in [1.29, 1.82) is 0 Å². The number of halogens is 1. The molecule has 2 heterocycles. The summed E-state index contributed by atoms with van der Waals surface area (Å²) in [6.07, 6.45) is 5.31. The van der Waals surface area contributed by atoms with Gasteiger partial charge in [-0.2, -0.15) is 0 Å². The van der Waals surface area contributed by atoms with Gasteiger partial charge in [-0.25, -0.2) is 0 Å². The van der Waals surface area contributed by atoms with Crippen LogP contribution >= 0.6 is 22.9 Å². The first-order chi connectivity index (χ1) is 8.65. The smallest absolute Gasteiger partial charge is 0.0931 e. The molecule has 1 aliphatic rings. The fraction of sp³-hybridized carbons (Fsp3) is 0.714. The summed E-state index contributed by atoms with van der Waals surface area (Å²) >= 11 is 7.66. The van der Waals surface area contributed by atoms with Gasteiger partial charge in [0.05, 0.1) is 4.34 Å². The van der Waals surface area contributed by atoms with Gasteiger partial charge in [-0.05, 0) is 51.9 Å². The largest absolute Gasteiger partial charge is 0.314 e. The fourth-order valence-electron chi connectivity index (χ4n) is 2.56. The van der Waals surface area contributed by atoms with E-state index in [-0.39, 0.29) is 0 Å². The monoisotopic (exact) mass is 286 g/mol. The molecule has 4 heteroatoms. The zero-order valence-electron chi connectivity index (χ0n) is 11.3. The van der Waals surface area contributed by atoms with Crippen LogP contribution in [0.25, 0.3) is 0 Å². The molecule has 1 N–H and O–H groups in total. The summed E-state index contributed by atoms with van der Waals surface area (Å²) in [6, 6.07) is 5.45. The third kappa shape index (κ3) is 4.23. The zero-order chi connectivity index (χ0) is 13.0. The van der Waals surface area contributed by atoms with Gasteiger partial charge in [0.1, 0.15) is 0 Å². The van der Waals surface area contributed by atoms with Crippen molar-refractivity contribution in [3.63, 3.8) is 0 Å². The molecule has 2 unspecified atom stereocenters. The van der Waals surface area contributed by atoms with Crippen LogP contribution in [0.2, 0.25) is 4.34 Å². The van der Waals surface area contributed by atoms with E-state index in [0.29, 0.717) is 12.1 Å². The highest BCUT2D eigenvalue weighted by atomic mass is 35.5. The molecule has 2 atom stereocenters. The van der Waals surface area contributed by atoms with Crippen LogP contribution in [0.1, 0.15) is 37.5 Å². The van der Waals surface area contributed by atoms with Gasteiger partial charge in [0.2, 0.25) is 0 Å². The molecule has 0 amide bonds. The topological polar surface area (TPSA) is 15.3 Å². The summed E-state index contributed by atoms with van der Waals surface area (Å²) in [7, 11) is 2.21. The van der Waals surface area contributed by atoms with Crippen molar-refractivity contribution in [2.45, 2.75) is 51.2 Å². The van der Waals surface area contributed by atoms with E-state index in [4.69, 9.17) is 11.6 Å². The lowest BCUT2D eigenvalue weighted by atomic mass is 9.98. The Hall–Kier alpha value is -0.0900. The third-order valence-corrected chi connectivity index (χ3v) is 5.04. The van der Waals surface area contributed by atoms with Crippen LogP contribution in [-0.4, -0.2) is 30.6 Å². The molecular weight excluding hydrogens is 264 g/mol. The SMILES string of the molecule is CC(CC1CCCCN1)N(C)Cc1ccc(Cl)s1. The van der Waals surface area contributed by atoms with E-state index >= 15 is 0 Å². The van der Waals surface area contributed by atoms with E-state index in [1.807, 2.05) is 6.07 Å². The Morgan fingerprint density at radius 1 is 1.50 bits per heavy atom.